The van der Waals surface area contributed by atoms with E-state index in [1.807, 2.05) is 13.0 Å². The summed E-state index contributed by atoms with van der Waals surface area (Å²) >= 11 is 5.98. The topological polar surface area (TPSA) is 67.9 Å². The van der Waals surface area contributed by atoms with E-state index in [9.17, 15) is 9.59 Å². The fraction of sp³-hybridized carbons (Fsp3) is 0.300. The van der Waals surface area contributed by atoms with Crippen molar-refractivity contribution in [2.45, 2.75) is 20.3 Å². The number of nitrogens with one attached hydrogen (secondary N) is 1. The molecule has 27 heavy (non-hydrogen) atoms. The van der Waals surface area contributed by atoms with Crippen molar-refractivity contribution in [3.8, 4) is 11.5 Å². The first-order valence-electron chi connectivity index (χ1n) is 8.42. The van der Waals surface area contributed by atoms with Gasteiger partial charge in [0, 0.05) is 36.7 Å². The van der Waals surface area contributed by atoms with Gasteiger partial charge in [-0.3, -0.25) is 9.59 Å². The molecule has 0 radical (unpaired) electrons. The van der Waals surface area contributed by atoms with Crippen LogP contribution in [0.5, 0.6) is 11.5 Å². The van der Waals surface area contributed by atoms with Gasteiger partial charge in [0.2, 0.25) is 11.8 Å². The summed E-state index contributed by atoms with van der Waals surface area (Å²) in [6, 6.07) is 10.5. The lowest BCUT2D eigenvalue weighted by molar-refractivity contribution is -0.117. The maximum Gasteiger partial charge on any atom is 0.226 e. The minimum absolute atomic E-state index is 0.117. The smallest absolute Gasteiger partial charge is 0.226 e. The lowest BCUT2D eigenvalue weighted by Gasteiger charge is -2.23. The lowest BCUT2D eigenvalue weighted by atomic mass is 10.2. The Bertz CT molecular complexity index is 839. The standard InChI is InChI=1S/C20H23ClN2O4/c1-13-5-6-15(21)11-17(13)22-20(25)9-10-23(14(2)24)18-12-16(26-3)7-8-19(18)27-4/h5-8,11-12H,9-10H2,1-4H3,(H,22,25). The molecule has 2 aromatic carbocycles. The number of anilines is 2. The summed E-state index contributed by atoms with van der Waals surface area (Å²) < 4.78 is 10.6. The fourth-order valence-corrected chi connectivity index (χ4v) is 2.78. The van der Waals surface area contributed by atoms with Crippen LogP contribution in [0, 0.1) is 6.92 Å². The molecular formula is C20H23ClN2O4. The number of amides is 2. The summed E-state index contributed by atoms with van der Waals surface area (Å²) in [6.45, 7) is 3.52. The Balaban J connectivity index is 2.14. The van der Waals surface area contributed by atoms with Crippen molar-refractivity contribution in [2.24, 2.45) is 0 Å². The molecule has 7 heteroatoms. The van der Waals surface area contributed by atoms with Crippen LogP contribution in [-0.4, -0.2) is 32.6 Å². The average molecular weight is 391 g/mol. The minimum atomic E-state index is -0.214. The third-order valence-electron chi connectivity index (χ3n) is 4.09. The van der Waals surface area contributed by atoms with Crippen molar-refractivity contribution in [3.63, 3.8) is 0 Å². The zero-order valence-corrected chi connectivity index (χ0v) is 16.6. The third kappa shape index (κ3) is 5.37. The summed E-state index contributed by atoms with van der Waals surface area (Å²) in [5, 5.41) is 3.37. The van der Waals surface area contributed by atoms with Crippen molar-refractivity contribution >= 4 is 34.8 Å². The zero-order chi connectivity index (χ0) is 20.0. The van der Waals surface area contributed by atoms with Gasteiger partial charge in [0.05, 0.1) is 19.9 Å². The second-order valence-electron chi connectivity index (χ2n) is 5.97. The van der Waals surface area contributed by atoms with Gasteiger partial charge >= 0.3 is 0 Å². The summed E-state index contributed by atoms with van der Waals surface area (Å²) in [4.78, 5) is 26.0. The SMILES string of the molecule is COc1ccc(OC)c(N(CCC(=O)Nc2cc(Cl)ccc2C)C(C)=O)c1. The van der Waals surface area contributed by atoms with E-state index in [2.05, 4.69) is 5.32 Å². The molecule has 0 spiro atoms. The molecule has 144 valence electrons. The highest BCUT2D eigenvalue weighted by Crippen LogP contribution is 2.32. The molecular weight excluding hydrogens is 368 g/mol. The van der Waals surface area contributed by atoms with Gasteiger partial charge in [-0.2, -0.15) is 0 Å². The second kappa shape index (κ2) is 9.28. The second-order valence-corrected chi connectivity index (χ2v) is 6.40. The van der Waals surface area contributed by atoms with Gasteiger partial charge in [-0.15, -0.1) is 0 Å². The van der Waals surface area contributed by atoms with Crippen LogP contribution in [0.1, 0.15) is 18.9 Å². The van der Waals surface area contributed by atoms with Crippen molar-refractivity contribution in [1.82, 2.24) is 0 Å². The molecule has 0 bridgehead atoms. The number of ether oxygens (including phenoxy) is 2. The van der Waals surface area contributed by atoms with Gasteiger partial charge in [0.1, 0.15) is 11.5 Å². The predicted molar refractivity (Wildman–Crippen MR) is 107 cm³/mol. The molecule has 0 unspecified atom stereocenters. The van der Waals surface area contributed by atoms with E-state index in [1.54, 1.807) is 37.4 Å². The molecule has 2 rings (SSSR count). The first-order valence-corrected chi connectivity index (χ1v) is 8.79. The third-order valence-corrected chi connectivity index (χ3v) is 4.33. The number of carbonyl (C=O) groups is 2. The van der Waals surface area contributed by atoms with Crippen LogP contribution in [0.25, 0.3) is 0 Å². The van der Waals surface area contributed by atoms with E-state index >= 15 is 0 Å². The maximum absolute atomic E-state index is 12.4. The highest BCUT2D eigenvalue weighted by atomic mass is 35.5. The lowest BCUT2D eigenvalue weighted by Crippen LogP contribution is -2.32. The number of nitrogens with zero attached hydrogens (tertiary/aromatic N) is 1. The Morgan fingerprint density at radius 1 is 1.11 bits per heavy atom. The van der Waals surface area contributed by atoms with Crippen molar-refractivity contribution < 1.29 is 19.1 Å². The number of aryl methyl sites for hydroxylation is 1. The Kier molecular flexibility index (Phi) is 7.07. The van der Waals surface area contributed by atoms with Crippen LogP contribution < -0.4 is 19.7 Å². The summed E-state index contributed by atoms with van der Waals surface area (Å²) in [5.74, 6) is 0.704. The molecule has 0 aliphatic rings. The minimum Gasteiger partial charge on any atom is -0.497 e. The van der Waals surface area contributed by atoms with Gasteiger partial charge in [0.25, 0.3) is 0 Å². The van der Waals surface area contributed by atoms with Crippen LogP contribution in [0.2, 0.25) is 5.02 Å². The van der Waals surface area contributed by atoms with Gasteiger partial charge in [-0.1, -0.05) is 17.7 Å². The fourth-order valence-electron chi connectivity index (χ4n) is 2.61. The molecule has 6 nitrogen and oxygen atoms in total. The average Bonchev–Trinajstić information content (AvgIpc) is 2.64. The normalized spacial score (nSPS) is 10.3. The summed E-state index contributed by atoms with van der Waals surface area (Å²) in [6.07, 6.45) is 0.117. The Morgan fingerprint density at radius 3 is 2.48 bits per heavy atom. The predicted octanol–water partition coefficient (Wildman–Crippen LogP) is 4.05. The number of benzene rings is 2. The van der Waals surface area contributed by atoms with E-state index in [1.165, 1.54) is 18.9 Å². The molecule has 2 amide bonds. The molecule has 0 aliphatic carbocycles. The number of hydrogen-bond donors (Lipinski definition) is 1. The quantitative estimate of drug-likeness (QED) is 0.774. The van der Waals surface area contributed by atoms with E-state index < -0.39 is 0 Å². The molecule has 0 heterocycles. The van der Waals surface area contributed by atoms with Crippen LogP contribution in [0.4, 0.5) is 11.4 Å². The number of halogens is 1. The van der Waals surface area contributed by atoms with Crippen LogP contribution in [0.15, 0.2) is 36.4 Å². The maximum atomic E-state index is 12.4. The van der Waals surface area contributed by atoms with E-state index in [4.69, 9.17) is 21.1 Å². The first-order chi connectivity index (χ1) is 12.8. The summed E-state index contributed by atoms with van der Waals surface area (Å²) in [7, 11) is 3.07. The molecule has 0 aromatic heterocycles. The van der Waals surface area contributed by atoms with E-state index in [0.29, 0.717) is 27.9 Å². The Labute approximate surface area is 164 Å². The molecule has 0 saturated carbocycles. The highest BCUT2D eigenvalue weighted by molar-refractivity contribution is 6.31. The van der Waals surface area contributed by atoms with Crippen molar-refractivity contribution in [2.75, 3.05) is 31.0 Å². The van der Waals surface area contributed by atoms with Crippen molar-refractivity contribution in [1.29, 1.82) is 0 Å². The van der Waals surface area contributed by atoms with Gasteiger partial charge < -0.3 is 19.7 Å². The molecule has 0 saturated heterocycles. The van der Waals surface area contributed by atoms with Crippen LogP contribution >= 0.6 is 11.6 Å². The van der Waals surface area contributed by atoms with Crippen molar-refractivity contribution in [3.05, 3.63) is 47.0 Å². The monoisotopic (exact) mass is 390 g/mol. The zero-order valence-electron chi connectivity index (χ0n) is 15.8. The first kappa shape index (κ1) is 20.6. The number of rotatable bonds is 7. The molecule has 2 aromatic rings. The Hall–Kier alpha value is -2.73. The van der Waals surface area contributed by atoms with Gasteiger partial charge in [0.15, 0.2) is 0 Å². The van der Waals surface area contributed by atoms with E-state index in [-0.39, 0.29) is 24.8 Å². The summed E-state index contributed by atoms with van der Waals surface area (Å²) in [5.41, 5.74) is 2.11. The molecule has 0 atom stereocenters. The highest BCUT2D eigenvalue weighted by Gasteiger charge is 2.18. The molecule has 0 fully saturated rings. The van der Waals surface area contributed by atoms with E-state index in [0.717, 1.165) is 5.56 Å². The number of carbonyl (C=O) groups excluding carboxylic acids is 2. The number of methoxy groups -OCH3 is 2. The van der Waals surface area contributed by atoms with Crippen LogP contribution in [0.3, 0.4) is 0 Å². The largest absolute Gasteiger partial charge is 0.497 e. The Morgan fingerprint density at radius 2 is 1.85 bits per heavy atom. The van der Waals surface area contributed by atoms with Crippen LogP contribution in [-0.2, 0) is 9.59 Å². The number of hydrogen-bond acceptors (Lipinski definition) is 4. The van der Waals surface area contributed by atoms with Gasteiger partial charge in [-0.25, -0.2) is 0 Å². The molecule has 1 N–H and O–H groups in total. The van der Waals surface area contributed by atoms with Gasteiger partial charge in [-0.05, 0) is 36.8 Å². The molecule has 0 aliphatic heterocycles.